The highest BCUT2D eigenvalue weighted by Gasteiger charge is 2.20. The first kappa shape index (κ1) is 18.9. The van der Waals surface area contributed by atoms with Crippen LogP contribution in [-0.2, 0) is 4.79 Å². The Balaban J connectivity index is 1.54. The molecule has 7 nitrogen and oxygen atoms in total. The minimum atomic E-state index is -0.389. The highest BCUT2D eigenvalue weighted by molar-refractivity contribution is 8.00. The number of thioether (sulfide) groups is 1. The van der Waals surface area contributed by atoms with Gasteiger partial charge in [0.25, 0.3) is 0 Å². The van der Waals surface area contributed by atoms with E-state index in [1.165, 1.54) is 11.8 Å². The summed E-state index contributed by atoms with van der Waals surface area (Å²) in [6, 6.07) is 17.1. The summed E-state index contributed by atoms with van der Waals surface area (Å²) in [5, 5.41) is 12.3. The van der Waals surface area contributed by atoms with Crippen LogP contribution in [0.2, 0.25) is 0 Å². The van der Waals surface area contributed by atoms with Crippen molar-refractivity contribution in [3.8, 4) is 11.4 Å². The van der Waals surface area contributed by atoms with E-state index in [1.54, 1.807) is 19.6 Å². The standard InChI is InChI=1S/C21H19N5O2S/c1-14(20(27)24-17-9-5-8-16-15(17)7-6-12-22-16)29-21-25-23-13-26(21)18-10-3-4-11-19(18)28-2/h3-14H,1-2H3,(H,24,27). The lowest BCUT2D eigenvalue weighted by molar-refractivity contribution is -0.115. The van der Waals surface area contributed by atoms with Crippen LogP contribution in [0.4, 0.5) is 5.69 Å². The number of hydrogen-bond acceptors (Lipinski definition) is 6. The van der Waals surface area contributed by atoms with E-state index < -0.39 is 0 Å². The fourth-order valence-electron chi connectivity index (χ4n) is 2.96. The summed E-state index contributed by atoms with van der Waals surface area (Å²) in [5.41, 5.74) is 2.39. The first-order valence-corrected chi connectivity index (χ1v) is 9.90. The third-order valence-corrected chi connectivity index (χ3v) is 5.47. The molecule has 0 fully saturated rings. The molecule has 1 atom stereocenters. The van der Waals surface area contributed by atoms with Gasteiger partial charge in [-0.1, -0.05) is 30.0 Å². The molecule has 29 heavy (non-hydrogen) atoms. The second-order valence-electron chi connectivity index (χ2n) is 6.28. The molecule has 1 N–H and O–H groups in total. The monoisotopic (exact) mass is 405 g/mol. The largest absolute Gasteiger partial charge is 0.495 e. The number of pyridine rings is 1. The van der Waals surface area contributed by atoms with Gasteiger partial charge in [0.1, 0.15) is 12.1 Å². The van der Waals surface area contributed by atoms with Crippen LogP contribution < -0.4 is 10.1 Å². The average molecular weight is 405 g/mol. The smallest absolute Gasteiger partial charge is 0.237 e. The predicted molar refractivity (Wildman–Crippen MR) is 114 cm³/mol. The molecule has 1 amide bonds. The zero-order valence-electron chi connectivity index (χ0n) is 15.9. The number of carbonyl (C=O) groups is 1. The van der Waals surface area contributed by atoms with Gasteiger partial charge in [0, 0.05) is 11.6 Å². The van der Waals surface area contributed by atoms with Gasteiger partial charge in [0.05, 0.1) is 29.3 Å². The Morgan fingerprint density at radius 3 is 2.86 bits per heavy atom. The van der Waals surface area contributed by atoms with E-state index >= 15 is 0 Å². The molecular formula is C21H19N5O2S. The summed E-state index contributed by atoms with van der Waals surface area (Å²) in [6.07, 6.45) is 3.35. The molecule has 0 aliphatic rings. The molecule has 0 bridgehead atoms. The molecule has 0 aliphatic carbocycles. The fraction of sp³-hybridized carbons (Fsp3) is 0.143. The van der Waals surface area contributed by atoms with Gasteiger partial charge >= 0.3 is 0 Å². The number of hydrogen-bond donors (Lipinski definition) is 1. The Morgan fingerprint density at radius 2 is 2.00 bits per heavy atom. The van der Waals surface area contributed by atoms with Crippen LogP contribution in [0.15, 0.2) is 72.3 Å². The number of fused-ring (bicyclic) bond motifs is 1. The Bertz CT molecular complexity index is 1160. The van der Waals surface area contributed by atoms with Gasteiger partial charge in [0.15, 0.2) is 5.16 Å². The van der Waals surface area contributed by atoms with Gasteiger partial charge < -0.3 is 10.1 Å². The van der Waals surface area contributed by atoms with E-state index in [0.717, 1.165) is 22.3 Å². The van der Waals surface area contributed by atoms with Crippen molar-refractivity contribution in [1.82, 2.24) is 19.7 Å². The number of anilines is 1. The Kier molecular flexibility index (Phi) is 5.44. The van der Waals surface area contributed by atoms with Gasteiger partial charge in [-0.2, -0.15) is 0 Å². The molecule has 4 rings (SSSR count). The van der Waals surface area contributed by atoms with Crippen LogP contribution in [0, 0.1) is 0 Å². The summed E-state index contributed by atoms with van der Waals surface area (Å²) in [4.78, 5) is 17.1. The van der Waals surface area contributed by atoms with E-state index in [1.807, 2.05) is 66.1 Å². The average Bonchev–Trinajstić information content (AvgIpc) is 3.21. The SMILES string of the molecule is COc1ccccc1-n1cnnc1SC(C)C(=O)Nc1cccc2ncccc12. The number of ether oxygens (including phenoxy) is 1. The molecule has 4 aromatic rings. The van der Waals surface area contributed by atoms with Gasteiger partial charge in [-0.05, 0) is 43.3 Å². The normalized spacial score (nSPS) is 11.9. The van der Waals surface area contributed by atoms with Gasteiger partial charge in [-0.15, -0.1) is 10.2 Å². The summed E-state index contributed by atoms with van der Waals surface area (Å²) < 4.78 is 7.24. The fourth-order valence-corrected chi connectivity index (χ4v) is 3.79. The van der Waals surface area contributed by atoms with Crippen molar-refractivity contribution in [2.24, 2.45) is 0 Å². The lowest BCUT2D eigenvalue weighted by Crippen LogP contribution is -2.23. The summed E-state index contributed by atoms with van der Waals surface area (Å²) >= 11 is 1.33. The second-order valence-corrected chi connectivity index (χ2v) is 7.59. The Labute approximate surface area is 172 Å². The number of nitrogens with one attached hydrogen (secondary N) is 1. The minimum Gasteiger partial charge on any atom is -0.495 e. The van der Waals surface area contributed by atoms with E-state index in [-0.39, 0.29) is 11.2 Å². The first-order valence-electron chi connectivity index (χ1n) is 9.02. The maximum Gasteiger partial charge on any atom is 0.237 e. The molecule has 0 saturated heterocycles. The zero-order chi connectivity index (χ0) is 20.2. The van der Waals surface area contributed by atoms with Crippen molar-refractivity contribution in [2.45, 2.75) is 17.3 Å². The van der Waals surface area contributed by atoms with Crippen LogP contribution in [-0.4, -0.2) is 38.0 Å². The first-order chi connectivity index (χ1) is 14.2. The molecular weight excluding hydrogens is 386 g/mol. The maximum atomic E-state index is 12.8. The van der Waals surface area contributed by atoms with Crippen LogP contribution in [0.25, 0.3) is 16.6 Å². The third-order valence-electron chi connectivity index (χ3n) is 4.42. The van der Waals surface area contributed by atoms with E-state index in [9.17, 15) is 4.79 Å². The molecule has 146 valence electrons. The Morgan fingerprint density at radius 1 is 1.14 bits per heavy atom. The van der Waals surface area contributed by atoms with Crippen molar-refractivity contribution in [3.05, 3.63) is 67.1 Å². The van der Waals surface area contributed by atoms with Crippen molar-refractivity contribution in [2.75, 3.05) is 12.4 Å². The number of carbonyl (C=O) groups excluding carboxylic acids is 1. The molecule has 2 heterocycles. The van der Waals surface area contributed by atoms with Crippen LogP contribution in [0.5, 0.6) is 5.75 Å². The maximum absolute atomic E-state index is 12.8. The molecule has 0 radical (unpaired) electrons. The van der Waals surface area contributed by atoms with Crippen molar-refractivity contribution >= 4 is 34.3 Å². The van der Waals surface area contributed by atoms with E-state index in [0.29, 0.717) is 10.9 Å². The van der Waals surface area contributed by atoms with Gasteiger partial charge in [-0.25, -0.2) is 0 Å². The molecule has 0 spiro atoms. The quantitative estimate of drug-likeness (QED) is 0.489. The second kappa shape index (κ2) is 8.32. The topological polar surface area (TPSA) is 81.9 Å². The minimum absolute atomic E-state index is 0.124. The highest BCUT2D eigenvalue weighted by atomic mass is 32.2. The summed E-state index contributed by atoms with van der Waals surface area (Å²) in [7, 11) is 1.62. The molecule has 8 heteroatoms. The Hall–Kier alpha value is -3.39. The number of benzene rings is 2. The van der Waals surface area contributed by atoms with Crippen LogP contribution >= 0.6 is 11.8 Å². The van der Waals surface area contributed by atoms with Crippen LogP contribution in [0.1, 0.15) is 6.92 Å². The van der Waals surface area contributed by atoms with Gasteiger partial charge in [-0.3, -0.25) is 14.3 Å². The lowest BCUT2D eigenvalue weighted by Gasteiger charge is -2.14. The predicted octanol–water partition coefficient (Wildman–Crippen LogP) is 3.94. The lowest BCUT2D eigenvalue weighted by atomic mass is 10.2. The van der Waals surface area contributed by atoms with Crippen molar-refractivity contribution in [1.29, 1.82) is 0 Å². The number of rotatable bonds is 6. The molecule has 2 aromatic heterocycles. The number of nitrogens with zero attached hydrogens (tertiary/aromatic N) is 4. The number of methoxy groups -OCH3 is 1. The number of aromatic nitrogens is 4. The van der Waals surface area contributed by atoms with E-state index in [2.05, 4.69) is 20.5 Å². The van der Waals surface area contributed by atoms with Crippen LogP contribution in [0.3, 0.4) is 0 Å². The molecule has 2 aromatic carbocycles. The van der Waals surface area contributed by atoms with E-state index in [4.69, 9.17) is 4.74 Å². The van der Waals surface area contributed by atoms with Crippen molar-refractivity contribution in [3.63, 3.8) is 0 Å². The number of para-hydroxylation sites is 2. The number of amides is 1. The highest BCUT2D eigenvalue weighted by Crippen LogP contribution is 2.29. The molecule has 0 saturated carbocycles. The molecule has 1 unspecified atom stereocenters. The zero-order valence-corrected chi connectivity index (χ0v) is 16.8. The summed E-state index contributed by atoms with van der Waals surface area (Å²) in [5.74, 6) is 0.579. The summed E-state index contributed by atoms with van der Waals surface area (Å²) in [6.45, 7) is 1.84. The van der Waals surface area contributed by atoms with Gasteiger partial charge in [0.2, 0.25) is 5.91 Å². The van der Waals surface area contributed by atoms with Crippen molar-refractivity contribution < 1.29 is 9.53 Å². The third kappa shape index (κ3) is 3.93. The molecule has 0 aliphatic heterocycles.